The van der Waals surface area contributed by atoms with Gasteiger partial charge in [0.25, 0.3) is 0 Å². The second-order valence-electron chi connectivity index (χ2n) is 2.82. The van der Waals surface area contributed by atoms with Gasteiger partial charge in [-0.25, -0.2) is 0 Å². The number of hydrogen-bond acceptors (Lipinski definition) is 2. The van der Waals surface area contributed by atoms with Crippen LogP contribution in [0.5, 0.6) is 0 Å². The van der Waals surface area contributed by atoms with Gasteiger partial charge in [-0.1, -0.05) is 24.3 Å². The molecule has 2 aliphatic rings. The van der Waals surface area contributed by atoms with Gasteiger partial charge in [-0.15, -0.1) is 24.2 Å². The zero-order valence-corrected chi connectivity index (χ0v) is 9.03. The SMILES string of the molecule is Cl.NC(=O)C1=C2C=CC=CC=C2SC1. The summed E-state index contributed by atoms with van der Waals surface area (Å²) in [5.41, 5.74) is 6.99. The summed E-state index contributed by atoms with van der Waals surface area (Å²) in [4.78, 5) is 12.2. The molecule has 2 nitrogen and oxygen atoms in total. The Morgan fingerprint density at radius 1 is 1.36 bits per heavy atom. The number of halogens is 1. The number of thioether (sulfide) groups is 1. The van der Waals surface area contributed by atoms with Gasteiger partial charge < -0.3 is 5.73 Å². The molecule has 0 saturated heterocycles. The van der Waals surface area contributed by atoms with Crippen LogP contribution in [0.2, 0.25) is 0 Å². The van der Waals surface area contributed by atoms with Gasteiger partial charge in [-0.3, -0.25) is 4.79 Å². The largest absolute Gasteiger partial charge is 0.366 e. The topological polar surface area (TPSA) is 43.1 Å². The van der Waals surface area contributed by atoms with E-state index in [1.165, 1.54) is 0 Å². The van der Waals surface area contributed by atoms with Crippen molar-refractivity contribution in [1.29, 1.82) is 0 Å². The molecule has 4 heteroatoms. The average molecular weight is 228 g/mol. The number of hydrogen-bond donors (Lipinski definition) is 1. The third kappa shape index (κ3) is 1.94. The number of carbonyl (C=O) groups is 1. The molecule has 0 fully saturated rings. The van der Waals surface area contributed by atoms with Crippen LogP contribution >= 0.6 is 24.2 Å². The molecule has 0 atom stereocenters. The molecule has 1 aliphatic carbocycles. The summed E-state index contributed by atoms with van der Waals surface area (Å²) in [6, 6.07) is 0. The molecule has 0 unspecified atom stereocenters. The number of rotatable bonds is 1. The number of amides is 1. The van der Waals surface area contributed by atoms with Crippen LogP contribution in [0.15, 0.2) is 46.4 Å². The van der Waals surface area contributed by atoms with Crippen LogP contribution in [0.1, 0.15) is 0 Å². The Hall–Kier alpha value is -0.930. The van der Waals surface area contributed by atoms with Gasteiger partial charge >= 0.3 is 0 Å². The van der Waals surface area contributed by atoms with Crippen LogP contribution in [-0.2, 0) is 4.79 Å². The van der Waals surface area contributed by atoms with E-state index in [1.54, 1.807) is 11.8 Å². The van der Waals surface area contributed by atoms with Crippen molar-refractivity contribution in [2.75, 3.05) is 5.75 Å². The van der Waals surface area contributed by atoms with Gasteiger partial charge in [0.2, 0.25) is 5.91 Å². The molecule has 0 aromatic heterocycles. The van der Waals surface area contributed by atoms with Crippen LogP contribution < -0.4 is 5.73 Å². The monoisotopic (exact) mass is 227 g/mol. The van der Waals surface area contributed by atoms with Crippen molar-refractivity contribution in [3.63, 3.8) is 0 Å². The fourth-order valence-electron chi connectivity index (χ4n) is 1.34. The molecule has 1 amide bonds. The zero-order chi connectivity index (χ0) is 9.26. The highest BCUT2D eigenvalue weighted by Crippen LogP contribution is 2.37. The molecule has 0 aromatic carbocycles. The van der Waals surface area contributed by atoms with Crippen molar-refractivity contribution in [1.82, 2.24) is 0 Å². The molecule has 74 valence electrons. The highest BCUT2D eigenvalue weighted by molar-refractivity contribution is 8.03. The second-order valence-corrected chi connectivity index (χ2v) is 3.84. The molecule has 1 heterocycles. The number of allylic oxidation sites excluding steroid dienone is 6. The average Bonchev–Trinajstić information content (AvgIpc) is 2.36. The van der Waals surface area contributed by atoms with E-state index in [0.29, 0.717) is 5.75 Å². The standard InChI is InChI=1S/C10H9NOS.ClH/c11-10(12)8-6-13-9-5-3-1-2-4-7(8)9;/h1-5H,6H2,(H2,11,12);1H. The van der Waals surface area contributed by atoms with E-state index in [9.17, 15) is 4.79 Å². The molecule has 0 aromatic rings. The van der Waals surface area contributed by atoms with Gasteiger partial charge in [0.05, 0.1) is 0 Å². The Balaban J connectivity index is 0.000000980. The van der Waals surface area contributed by atoms with E-state index in [1.807, 2.05) is 30.4 Å². The molecular weight excluding hydrogens is 218 g/mol. The first kappa shape index (κ1) is 11.1. The number of nitrogens with two attached hydrogens (primary N) is 1. The van der Waals surface area contributed by atoms with Crippen molar-refractivity contribution >= 4 is 30.1 Å². The van der Waals surface area contributed by atoms with E-state index in [-0.39, 0.29) is 18.3 Å². The Morgan fingerprint density at radius 3 is 2.86 bits per heavy atom. The maximum absolute atomic E-state index is 11.0. The van der Waals surface area contributed by atoms with E-state index < -0.39 is 0 Å². The summed E-state index contributed by atoms with van der Waals surface area (Å²) in [6.45, 7) is 0. The molecule has 0 radical (unpaired) electrons. The predicted octanol–water partition coefficient (Wildman–Crippen LogP) is 1.95. The first-order valence-corrected chi connectivity index (χ1v) is 4.99. The minimum absolute atomic E-state index is 0. The van der Waals surface area contributed by atoms with Gasteiger partial charge in [0, 0.05) is 16.2 Å². The molecule has 2 N–H and O–H groups in total. The van der Waals surface area contributed by atoms with Gasteiger partial charge in [-0.05, 0) is 11.6 Å². The molecule has 0 saturated carbocycles. The third-order valence-electron chi connectivity index (χ3n) is 1.99. The zero-order valence-electron chi connectivity index (χ0n) is 7.40. The molecule has 14 heavy (non-hydrogen) atoms. The predicted molar refractivity (Wildman–Crippen MR) is 62.3 cm³/mol. The summed E-state index contributed by atoms with van der Waals surface area (Å²) in [7, 11) is 0. The highest BCUT2D eigenvalue weighted by atomic mass is 35.5. The Morgan fingerprint density at radius 2 is 2.14 bits per heavy atom. The maximum atomic E-state index is 11.0. The Kier molecular flexibility index (Phi) is 3.61. The second kappa shape index (κ2) is 4.53. The van der Waals surface area contributed by atoms with Crippen LogP contribution in [-0.4, -0.2) is 11.7 Å². The lowest BCUT2D eigenvalue weighted by Gasteiger charge is -1.96. The van der Waals surface area contributed by atoms with Crippen molar-refractivity contribution < 1.29 is 4.79 Å². The lowest BCUT2D eigenvalue weighted by atomic mass is 10.1. The number of carbonyl (C=O) groups excluding carboxylic acids is 1. The van der Waals surface area contributed by atoms with Crippen LogP contribution in [0.25, 0.3) is 0 Å². The Bertz CT molecular complexity index is 380. The first-order chi connectivity index (χ1) is 6.29. The van der Waals surface area contributed by atoms with E-state index in [2.05, 4.69) is 0 Å². The van der Waals surface area contributed by atoms with Crippen LogP contribution in [0.3, 0.4) is 0 Å². The van der Waals surface area contributed by atoms with Crippen molar-refractivity contribution in [2.45, 2.75) is 0 Å². The lowest BCUT2D eigenvalue weighted by Crippen LogP contribution is -2.15. The molecule has 0 spiro atoms. The molecule has 1 aliphatic heterocycles. The molecule has 2 rings (SSSR count). The highest BCUT2D eigenvalue weighted by Gasteiger charge is 2.21. The summed E-state index contributed by atoms with van der Waals surface area (Å²) in [6.07, 6.45) is 9.78. The van der Waals surface area contributed by atoms with Crippen LogP contribution in [0.4, 0.5) is 0 Å². The fourth-order valence-corrected chi connectivity index (χ4v) is 2.46. The van der Waals surface area contributed by atoms with E-state index in [0.717, 1.165) is 16.1 Å². The van der Waals surface area contributed by atoms with E-state index in [4.69, 9.17) is 5.73 Å². The summed E-state index contributed by atoms with van der Waals surface area (Å²) < 4.78 is 0. The Labute approximate surface area is 93.0 Å². The lowest BCUT2D eigenvalue weighted by molar-refractivity contribution is -0.114. The van der Waals surface area contributed by atoms with Crippen LogP contribution in [0, 0.1) is 0 Å². The summed E-state index contributed by atoms with van der Waals surface area (Å²) in [5, 5.41) is 0. The fraction of sp³-hybridized carbons (Fsp3) is 0.100. The normalized spacial score (nSPS) is 18.4. The minimum Gasteiger partial charge on any atom is -0.366 e. The van der Waals surface area contributed by atoms with Gasteiger partial charge in [0.15, 0.2) is 0 Å². The van der Waals surface area contributed by atoms with Crippen molar-refractivity contribution in [2.24, 2.45) is 5.73 Å². The molecular formula is C10H10ClNOS. The number of primary amides is 1. The molecule has 0 bridgehead atoms. The van der Waals surface area contributed by atoms with Gasteiger partial charge in [-0.2, -0.15) is 0 Å². The smallest absolute Gasteiger partial charge is 0.246 e. The first-order valence-electron chi connectivity index (χ1n) is 4.00. The van der Waals surface area contributed by atoms with E-state index >= 15 is 0 Å². The summed E-state index contributed by atoms with van der Waals surface area (Å²) in [5.74, 6) is 0.395. The quantitative estimate of drug-likeness (QED) is 0.744. The number of fused-ring (bicyclic) bond motifs is 1. The van der Waals surface area contributed by atoms with Crippen molar-refractivity contribution in [3.05, 3.63) is 46.4 Å². The third-order valence-corrected chi connectivity index (χ3v) is 3.09. The maximum Gasteiger partial charge on any atom is 0.246 e. The minimum atomic E-state index is -0.308. The van der Waals surface area contributed by atoms with Crippen molar-refractivity contribution in [3.8, 4) is 0 Å². The van der Waals surface area contributed by atoms with Gasteiger partial charge in [0.1, 0.15) is 0 Å². The summed E-state index contributed by atoms with van der Waals surface area (Å²) >= 11 is 1.66.